The average Bonchev–Trinajstić information content (AvgIpc) is 2.73. The van der Waals surface area contributed by atoms with Crippen molar-refractivity contribution in [1.29, 1.82) is 0 Å². The summed E-state index contributed by atoms with van der Waals surface area (Å²) in [4.78, 5) is 0. The number of hydrogen-bond acceptors (Lipinski definition) is 5. The molecule has 5 nitrogen and oxygen atoms in total. The van der Waals surface area contributed by atoms with Crippen LogP contribution in [0.4, 0.5) is 0 Å². The third-order valence-electron chi connectivity index (χ3n) is 5.92. The van der Waals surface area contributed by atoms with Crippen LogP contribution in [-0.2, 0) is 34.8 Å². The van der Waals surface area contributed by atoms with Crippen molar-refractivity contribution in [3.8, 4) is 11.5 Å². The molecule has 0 bridgehead atoms. The predicted molar refractivity (Wildman–Crippen MR) is 129 cm³/mol. The van der Waals surface area contributed by atoms with E-state index in [1.807, 2.05) is 26.0 Å². The summed E-state index contributed by atoms with van der Waals surface area (Å²) >= 11 is 0. The number of aliphatic hydroxyl groups excluding tert-OH is 1. The van der Waals surface area contributed by atoms with Gasteiger partial charge in [-0.1, -0.05) is 48.2 Å². The van der Waals surface area contributed by atoms with Crippen molar-refractivity contribution in [3.05, 3.63) is 65.1 Å². The zero-order chi connectivity index (χ0) is 22.3. The summed E-state index contributed by atoms with van der Waals surface area (Å²) < 4.78 is 0. The second-order valence-electron chi connectivity index (χ2n) is 8.44. The first-order chi connectivity index (χ1) is 14.3. The Morgan fingerprint density at radius 2 is 1.06 bits per heavy atom. The minimum Gasteiger partial charge on any atom is -0.507 e. The fourth-order valence-corrected chi connectivity index (χ4v) is 4.47. The summed E-state index contributed by atoms with van der Waals surface area (Å²) in [7, 11) is 1.00. The van der Waals surface area contributed by atoms with Gasteiger partial charge in [-0.2, -0.15) is 0 Å². The second kappa shape index (κ2) is 14.7. The molecular weight excluding hydrogens is 436 g/mol. The number of aryl methyl sites for hydroxylation is 4. The number of hydrogen-bond donors (Lipinski definition) is 5. The zero-order valence-corrected chi connectivity index (χ0v) is 22.1. The van der Waals surface area contributed by atoms with Crippen LogP contribution >= 0.6 is 0 Å². The van der Waals surface area contributed by atoms with Crippen LogP contribution in [0.25, 0.3) is 0 Å². The summed E-state index contributed by atoms with van der Waals surface area (Å²) in [6, 6.07) is 8.88. The van der Waals surface area contributed by atoms with Gasteiger partial charge in [0.2, 0.25) is 0 Å². The largest absolute Gasteiger partial charge is 3.00 e. The summed E-state index contributed by atoms with van der Waals surface area (Å²) in [6.07, 6.45) is 4.71. The molecule has 3 rings (SSSR count). The molecule has 2 aromatic carbocycles. The van der Waals surface area contributed by atoms with Gasteiger partial charge in [0, 0.05) is 43.4 Å². The summed E-state index contributed by atoms with van der Waals surface area (Å²) in [5.74, 6) is 0.803. The Labute approximate surface area is 209 Å². The van der Waals surface area contributed by atoms with Gasteiger partial charge in [0.25, 0.3) is 0 Å². The van der Waals surface area contributed by atoms with Gasteiger partial charge in [-0.15, -0.1) is 0 Å². The van der Waals surface area contributed by atoms with Crippen LogP contribution in [-0.4, -0.2) is 34.5 Å². The number of phenolic OH excluding ortho intramolecular Hbond substituents is 2. The second-order valence-corrected chi connectivity index (χ2v) is 8.44. The molecule has 0 unspecified atom stereocenters. The van der Waals surface area contributed by atoms with Crippen LogP contribution in [0.3, 0.4) is 0 Å². The topological polar surface area (TPSA) is 84.8 Å². The Kier molecular flexibility index (Phi) is 14.1. The van der Waals surface area contributed by atoms with E-state index in [-0.39, 0.29) is 29.1 Å². The molecule has 0 saturated heterocycles. The summed E-state index contributed by atoms with van der Waals surface area (Å²) in [5, 5.41) is 35.1. The maximum absolute atomic E-state index is 10.4. The Balaban J connectivity index is 0.00000234. The first-order valence-electron chi connectivity index (χ1n) is 10.8. The van der Waals surface area contributed by atoms with E-state index in [4.69, 9.17) is 5.11 Å². The third-order valence-corrected chi connectivity index (χ3v) is 5.92. The first kappa shape index (κ1) is 30.6. The maximum Gasteiger partial charge on any atom is 3.00 e. The third kappa shape index (κ3) is 8.20. The maximum atomic E-state index is 10.4. The van der Waals surface area contributed by atoms with E-state index < -0.39 is 0 Å². The molecule has 32 heavy (non-hydrogen) atoms. The average molecular weight is 477 g/mol. The number of benzene rings is 2. The Bertz CT molecular complexity index is 773. The van der Waals surface area contributed by atoms with Crippen LogP contribution in [0.5, 0.6) is 11.5 Å². The van der Waals surface area contributed by atoms with Gasteiger partial charge in [0.15, 0.2) is 0 Å². The van der Waals surface area contributed by atoms with E-state index in [0.717, 1.165) is 42.2 Å². The number of nitrogens with one attached hydrogen (secondary N) is 2. The van der Waals surface area contributed by atoms with E-state index in [0.29, 0.717) is 36.7 Å². The molecule has 2 aromatic rings. The number of rotatable bonds is 6. The normalized spacial score (nSPS) is 17.4. The quantitative estimate of drug-likeness (QED) is 0.311. The van der Waals surface area contributed by atoms with E-state index >= 15 is 0 Å². The van der Waals surface area contributed by atoms with Gasteiger partial charge in [0.1, 0.15) is 11.5 Å². The van der Waals surface area contributed by atoms with Crippen molar-refractivity contribution >= 4 is 0 Å². The van der Waals surface area contributed by atoms with E-state index in [9.17, 15) is 10.2 Å². The van der Waals surface area contributed by atoms with Gasteiger partial charge < -0.3 is 33.4 Å². The molecule has 1 aliphatic rings. The molecule has 2 atom stereocenters. The van der Waals surface area contributed by atoms with Gasteiger partial charge in [-0.25, -0.2) is 0 Å². The molecule has 1 aliphatic carbocycles. The van der Waals surface area contributed by atoms with Crippen molar-refractivity contribution < 1.29 is 37.0 Å². The van der Waals surface area contributed by atoms with Crippen LogP contribution in [0.2, 0.25) is 0 Å². The smallest absolute Gasteiger partial charge is 0.507 e. The molecule has 1 saturated carbocycles. The van der Waals surface area contributed by atoms with Gasteiger partial charge in [-0.05, 0) is 51.7 Å². The Morgan fingerprint density at radius 3 is 1.41 bits per heavy atom. The molecule has 1 fully saturated rings. The molecule has 175 valence electrons. The van der Waals surface area contributed by atoms with Crippen molar-refractivity contribution in [1.82, 2.24) is 10.6 Å². The summed E-state index contributed by atoms with van der Waals surface area (Å²) in [5.41, 5.74) is 6.15. The molecule has 0 aliphatic heterocycles. The van der Waals surface area contributed by atoms with Gasteiger partial charge in [-0.3, -0.25) is 0 Å². The van der Waals surface area contributed by atoms with Crippen LogP contribution < -0.4 is 10.6 Å². The molecule has 0 heterocycles. The first-order valence-corrected chi connectivity index (χ1v) is 10.8. The Hall–Kier alpha value is -1.37. The molecular formula is C26H41N2O3Ti+2. The van der Waals surface area contributed by atoms with Crippen molar-refractivity contribution in [3.63, 3.8) is 0 Å². The zero-order valence-electron chi connectivity index (χ0n) is 20.5. The van der Waals surface area contributed by atoms with Crippen molar-refractivity contribution in [2.45, 2.75) is 78.6 Å². The predicted octanol–water partition coefficient (Wildman–Crippen LogP) is 4.58. The number of phenols is 2. The van der Waals surface area contributed by atoms with E-state index in [1.165, 1.54) is 24.0 Å². The molecule has 1 radical (unpaired) electrons. The van der Waals surface area contributed by atoms with Gasteiger partial charge in [0.05, 0.1) is 0 Å². The van der Waals surface area contributed by atoms with Crippen molar-refractivity contribution in [2.75, 3.05) is 7.11 Å². The van der Waals surface area contributed by atoms with Gasteiger partial charge >= 0.3 is 21.7 Å². The minimum absolute atomic E-state index is 0. The molecule has 6 heteroatoms. The number of aliphatic hydroxyl groups is 1. The Morgan fingerprint density at radius 1 is 0.719 bits per heavy atom. The molecule has 0 spiro atoms. The SMILES string of the molecule is CO.Cc1cc(C)c(O)c(CN[C@@H]2CCCC[C@H]2NCc2cc(C)cc(C)c2O)c1.[CH3-].[Ti+3]. The van der Waals surface area contributed by atoms with Crippen molar-refractivity contribution in [2.24, 2.45) is 0 Å². The summed E-state index contributed by atoms with van der Waals surface area (Å²) in [6.45, 7) is 9.38. The molecule has 0 amide bonds. The fourth-order valence-electron chi connectivity index (χ4n) is 4.47. The molecule has 0 aromatic heterocycles. The monoisotopic (exact) mass is 477 g/mol. The van der Waals surface area contributed by atoms with Crippen LogP contribution in [0, 0.1) is 35.1 Å². The van der Waals surface area contributed by atoms with Crippen LogP contribution in [0.1, 0.15) is 59.1 Å². The van der Waals surface area contributed by atoms with E-state index in [2.05, 4.69) is 36.6 Å². The van der Waals surface area contributed by atoms with Crippen LogP contribution in [0.15, 0.2) is 24.3 Å². The molecule has 5 N–H and O–H groups in total. The number of aromatic hydroxyl groups is 2. The fraction of sp³-hybridized carbons (Fsp3) is 0.500. The minimum atomic E-state index is 0. The standard InChI is InChI=1S/C24H34N2O2.CH4O.CH3.Ti/c1-15-9-17(3)23(27)19(11-15)13-25-21-7-5-6-8-22(21)26-14-20-12-16(2)10-18(4)24(20)28;1-2;;/h9-12,21-22,25-28H,5-8,13-14H2,1-4H3;2H,1H3;1H3;/q;;-1;+3/t21-,22-;;;/m1.../s1. The van der Waals surface area contributed by atoms with E-state index in [1.54, 1.807) is 0 Å².